The van der Waals surface area contributed by atoms with Gasteiger partial charge in [-0.3, -0.25) is 4.21 Å². The van der Waals surface area contributed by atoms with Gasteiger partial charge in [-0.2, -0.15) is 0 Å². The molecule has 1 aliphatic heterocycles. The van der Waals surface area contributed by atoms with Crippen molar-refractivity contribution >= 4 is 22.4 Å². The summed E-state index contributed by atoms with van der Waals surface area (Å²) in [6.07, 6.45) is 0.966. The molecule has 0 spiro atoms. The maximum atomic E-state index is 12.1. The van der Waals surface area contributed by atoms with Crippen LogP contribution in [-0.4, -0.2) is 29.2 Å². The van der Waals surface area contributed by atoms with Crippen LogP contribution in [0.15, 0.2) is 29.2 Å². The first-order valence-electron chi connectivity index (χ1n) is 5.64. The van der Waals surface area contributed by atoms with Crippen LogP contribution < -0.4 is 5.73 Å². The lowest BCUT2D eigenvalue weighted by Crippen LogP contribution is -2.35. The van der Waals surface area contributed by atoms with Gasteiger partial charge in [0.05, 0.1) is 17.4 Å². The molecule has 1 heterocycles. The summed E-state index contributed by atoms with van der Waals surface area (Å²) in [6, 6.07) is 7.06. The molecule has 0 saturated carbocycles. The smallest absolute Gasteiger partial charge is 0.0545 e. The maximum Gasteiger partial charge on any atom is 0.0545 e. The van der Waals surface area contributed by atoms with E-state index < -0.39 is 10.8 Å². The summed E-state index contributed by atoms with van der Waals surface area (Å²) in [7, 11) is -1.08. The second-order valence-corrected chi connectivity index (χ2v) is 6.19. The molecule has 3 nitrogen and oxygen atoms in total. The molecule has 1 saturated heterocycles. The highest BCUT2D eigenvalue weighted by atomic mass is 35.5. The number of hydrogen-bond acceptors (Lipinski definition) is 3. The van der Waals surface area contributed by atoms with Gasteiger partial charge in [-0.05, 0) is 24.6 Å². The first kappa shape index (κ1) is 13.0. The number of benzene rings is 1. The molecule has 1 aromatic rings. The molecule has 3 unspecified atom stereocenters. The van der Waals surface area contributed by atoms with Crippen molar-refractivity contribution in [1.82, 2.24) is 0 Å². The summed E-state index contributed by atoms with van der Waals surface area (Å²) < 4.78 is 17.4. The summed E-state index contributed by atoms with van der Waals surface area (Å²) in [5.74, 6) is 0.798. The number of rotatable bonds is 4. The van der Waals surface area contributed by atoms with Gasteiger partial charge in [0.1, 0.15) is 0 Å². The second kappa shape index (κ2) is 5.96. The van der Waals surface area contributed by atoms with Crippen molar-refractivity contribution in [3.63, 3.8) is 0 Å². The van der Waals surface area contributed by atoms with E-state index in [1.807, 2.05) is 6.07 Å². The molecule has 0 aliphatic carbocycles. The molecule has 3 atom stereocenters. The number of halogens is 1. The van der Waals surface area contributed by atoms with Gasteiger partial charge in [-0.25, -0.2) is 0 Å². The average molecular weight is 274 g/mol. The molecular weight excluding hydrogens is 258 g/mol. The fraction of sp³-hybridized carbons (Fsp3) is 0.500. The van der Waals surface area contributed by atoms with Crippen LogP contribution in [0.3, 0.4) is 0 Å². The van der Waals surface area contributed by atoms with Crippen molar-refractivity contribution in [2.75, 3.05) is 19.0 Å². The highest BCUT2D eigenvalue weighted by Gasteiger charge is 2.24. The van der Waals surface area contributed by atoms with E-state index in [9.17, 15) is 4.21 Å². The zero-order chi connectivity index (χ0) is 12.3. The molecule has 2 N–H and O–H groups in total. The van der Waals surface area contributed by atoms with Gasteiger partial charge in [0, 0.05) is 34.2 Å². The molecule has 5 heteroatoms. The van der Waals surface area contributed by atoms with Crippen LogP contribution in [0.25, 0.3) is 0 Å². The summed E-state index contributed by atoms with van der Waals surface area (Å²) in [5, 5.41) is 0.605. The Morgan fingerprint density at radius 1 is 1.59 bits per heavy atom. The lowest BCUT2D eigenvalue weighted by atomic mass is 10.0. The largest absolute Gasteiger partial charge is 0.381 e. The minimum Gasteiger partial charge on any atom is -0.381 e. The van der Waals surface area contributed by atoms with Gasteiger partial charge in [0.2, 0.25) is 0 Å². The monoisotopic (exact) mass is 273 g/mol. The van der Waals surface area contributed by atoms with Crippen LogP contribution in [-0.2, 0) is 15.5 Å². The van der Waals surface area contributed by atoms with Gasteiger partial charge in [-0.15, -0.1) is 0 Å². The molecule has 17 heavy (non-hydrogen) atoms. The fourth-order valence-corrected chi connectivity index (χ4v) is 3.46. The Kier molecular flexibility index (Phi) is 4.56. The van der Waals surface area contributed by atoms with Crippen LogP contribution in [0.2, 0.25) is 5.02 Å². The lowest BCUT2D eigenvalue weighted by Gasteiger charge is -2.16. The molecule has 1 aromatic carbocycles. The first-order valence-corrected chi connectivity index (χ1v) is 7.34. The molecule has 1 fully saturated rings. The zero-order valence-corrected chi connectivity index (χ0v) is 11.0. The summed E-state index contributed by atoms with van der Waals surface area (Å²) >= 11 is 5.87. The van der Waals surface area contributed by atoms with Gasteiger partial charge >= 0.3 is 0 Å². The van der Waals surface area contributed by atoms with Gasteiger partial charge in [0.15, 0.2) is 0 Å². The van der Waals surface area contributed by atoms with Gasteiger partial charge in [-0.1, -0.05) is 17.7 Å². The lowest BCUT2D eigenvalue weighted by molar-refractivity contribution is 0.182. The molecule has 0 aromatic heterocycles. The SMILES string of the molecule is NC(CS(=O)c1cccc(Cl)c1)C1CCOC1. The topological polar surface area (TPSA) is 52.3 Å². The van der Waals surface area contributed by atoms with Crippen LogP contribution >= 0.6 is 11.6 Å². The van der Waals surface area contributed by atoms with Crippen LogP contribution in [0.4, 0.5) is 0 Å². The van der Waals surface area contributed by atoms with Crippen molar-refractivity contribution in [2.24, 2.45) is 11.7 Å². The van der Waals surface area contributed by atoms with E-state index in [1.54, 1.807) is 18.2 Å². The third-order valence-corrected chi connectivity index (χ3v) is 4.68. The molecule has 0 bridgehead atoms. The average Bonchev–Trinajstić information content (AvgIpc) is 2.82. The minimum atomic E-state index is -1.08. The van der Waals surface area contributed by atoms with Crippen molar-refractivity contribution < 1.29 is 8.95 Å². The Labute approximate surface area is 109 Å². The van der Waals surface area contributed by atoms with Crippen molar-refractivity contribution in [3.05, 3.63) is 29.3 Å². The Morgan fingerprint density at radius 2 is 2.41 bits per heavy atom. The molecule has 94 valence electrons. The highest BCUT2D eigenvalue weighted by Crippen LogP contribution is 2.19. The summed E-state index contributed by atoms with van der Waals surface area (Å²) in [5.41, 5.74) is 6.05. The summed E-state index contributed by atoms with van der Waals surface area (Å²) in [4.78, 5) is 0.742. The molecule has 0 amide bonds. The number of hydrogen-bond donors (Lipinski definition) is 1. The molecule has 2 rings (SSSR count). The number of ether oxygens (including phenoxy) is 1. The van der Waals surface area contributed by atoms with E-state index in [0.717, 1.165) is 17.9 Å². The standard InChI is InChI=1S/C12H16ClNO2S/c13-10-2-1-3-11(6-10)17(15)8-12(14)9-4-5-16-7-9/h1-3,6,9,12H,4-5,7-8,14H2. The quantitative estimate of drug-likeness (QED) is 0.910. The van der Waals surface area contributed by atoms with E-state index in [2.05, 4.69) is 0 Å². The molecule has 0 radical (unpaired) electrons. The van der Waals surface area contributed by atoms with Crippen LogP contribution in [0.5, 0.6) is 0 Å². The van der Waals surface area contributed by atoms with Crippen molar-refractivity contribution in [2.45, 2.75) is 17.4 Å². The van der Waals surface area contributed by atoms with E-state index in [1.165, 1.54) is 0 Å². The van der Waals surface area contributed by atoms with E-state index in [-0.39, 0.29) is 6.04 Å². The van der Waals surface area contributed by atoms with Crippen molar-refractivity contribution in [1.29, 1.82) is 0 Å². The molecule has 1 aliphatic rings. The Balaban J connectivity index is 1.96. The predicted molar refractivity (Wildman–Crippen MR) is 69.6 cm³/mol. The Hall–Kier alpha value is -0.420. The van der Waals surface area contributed by atoms with Gasteiger partial charge < -0.3 is 10.5 Å². The predicted octanol–water partition coefficient (Wildman–Crippen LogP) is 1.81. The number of nitrogens with two attached hydrogens (primary N) is 1. The molecular formula is C12H16ClNO2S. The van der Waals surface area contributed by atoms with Crippen LogP contribution in [0, 0.1) is 5.92 Å². The minimum absolute atomic E-state index is 0.0719. The zero-order valence-electron chi connectivity index (χ0n) is 9.47. The second-order valence-electron chi connectivity index (χ2n) is 4.26. The van der Waals surface area contributed by atoms with Gasteiger partial charge in [0.25, 0.3) is 0 Å². The van der Waals surface area contributed by atoms with E-state index in [0.29, 0.717) is 23.3 Å². The van der Waals surface area contributed by atoms with Crippen LogP contribution in [0.1, 0.15) is 6.42 Å². The first-order chi connectivity index (χ1) is 8.16. The Morgan fingerprint density at radius 3 is 3.06 bits per heavy atom. The third-order valence-electron chi connectivity index (χ3n) is 2.97. The maximum absolute atomic E-state index is 12.1. The normalized spacial score (nSPS) is 23.5. The fourth-order valence-electron chi connectivity index (χ4n) is 1.91. The van der Waals surface area contributed by atoms with E-state index in [4.69, 9.17) is 22.1 Å². The summed E-state index contributed by atoms with van der Waals surface area (Å²) in [6.45, 7) is 1.45. The highest BCUT2D eigenvalue weighted by molar-refractivity contribution is 7.85. The van der Waals surface area contributed by atoms with Crippen molar-refractivity contribution in [3.8, 4) is 0 Å². The third kappa shape index (κ3) is 3.52. The van der Waals surface area contributed by atoms with E-state index >= 15 is 0 Å². The Bertz CT molecular complexity index is 407.